The van der Waals surface area contributed by atoms with Crippen LogP contribution in [0.1, 0.15) is 76.5 Å². The van der Waals surface area contributed by atoms with Crippen molar-refractivity contribution in [1.82, 2.24) is 0 Å². The molecule has 0 aliphatic carbocycles. The number of aliphatic imine (C=N–C) groups is 2. The van der Waals surface area contributed by atoms with Crippen molar-refractivity contribution >= 4 is 23.6 Å². The van der Waals surface area contributed by atoms with Crippen molar-refractivity contribution in [1.29, 1.82) is 0 Å². The summed E-state index contributed by atoms with van der Waals surface area (Å²) in [4.78, 5) is 9.05. The number of aliphatic hydroxyl groups is 1. The van der Waals surface area contributed by atoms with Gasteiger partial charge < -0.3 is 5.11 Å². The second-order valence-electron chi connectivity index (χ2n) is 9.80. The molecule has 1 aliphatic heterocycles. The molecule has 0 radical (unpaired) electrons. The predicted molar refractivity (Wildman–Crippen MR) is 173 cm³/mol. The van der Waals surface area contributed by atoms with Crippen LogP contribution in [0.4, 0.5) is 4.39 Å². The van der Waals surface area contributed by atoms with E-state index in [1.54, 1.807) is 31.5 Å². The van der Waals surface area contributed by atoms with Gasteiger partial charge in [0.2, 0.25) is 0 Å². The summed E-state index contributed by atoms with van der Waals surface area (Å²) >= 11 is 0. The first-order valence-electron chi connectivity index (χ1n) is 14.4. The Balaban J connectivity index is 0.00000274. The number of hydrogen-bond acceptors (Lipinski definition) is 3. The molecule has 0 aromatic heterocycles. The molecule has 0 saturated carbocycles. The minimum absolute atomic E-state index is 0.0376. The topological polar surface area (TPSA) is 45.0 Å². The highest BCUT2D eigenvalue weighted by atomic mass is 19.1. The Bertz CT molecular complexity index is 1280. The van der Waals surface area contributed by atoms with Gasteiger partial charge in [-0.05, 0) is 52.8 Å². The van der Waals surface area contributed by atoms with Crippen molar-refractivity contribution in [3.8, 4) is 0 Å². The van der Waals surface area contributed by atoms with E-state index in [0.29, 0.717) is 19.3 Å². The third-order valence-electron chi connectivity index (χ3n) is 6.33. The third kappa shape index (κ3) is 11.1. The molecule has 0 spiro atoms. The van der Waals surface area contributed by atoms with Crippen molar-refractivity contribution in [2.45, 2.75) is 66.2 Å². The first-order chi connectivity index (χ1) is 19.4. The Morgan fingerprint density at radius 2 is 1.93 bits per heavy atom. The zero-order valence-corrected chi connectivity index (χ0v) is 24.8. The van der Waals surface area contributed by atoms with E-state index >= 15 is 0 Å². The smallest absolute Gasteiger partial charge is 0.123 e. The number of dihydropyridines is 1. The minimum atomic E-state index is -0.239. The Hall–Kier alpha value is -3.79. The molecule has 1 N–H and O–H groups in total. The van der Waals surface area contributed by atoms with Gasteiger partial charge in [0.25, 0.3) is 0 Å². The zero-order chi connectivity index (χ0) is 29.3. The van der Waals surface area contributed by atoms with Crippen LogP contribution in [0.5, 0.6) is 0 Å². The van der Waals surface area contributed by atoms with E-state index in [2.05, 4.69) is 61.9 Å². The molecule has 2 aromatic rings. The number of hydrogen-bond donors (Lipinski definition) is 1. The molecule has 3 nitrogen and oxygen atoms in total. The maximum atomic E-state index is 13.6. The molecule has 4 heteroatoms. The van der Waals surface area contributed by atoms with Crippen LogP contribution < -0.4 is 0 Å². The monoisotopic (exact) mass is 540 g/mol. The van der Waals surface area contributed by atoms with E-state index < -0.39 is 0 Å². The summed E-state index contributed by atoms with van der Waals surface area (Å²) in [5.74, 6) is 0.0737. The first kappa shape index (κ1) is 32.4. The van der Waals surface area contributed by atoms with Gasteiger partial charge in [-0.15, -0.1) is 0 Å². The summed E-state index contributed by atoms with van der Waals surface area (Å²) in [7, 11) is 1.74. The number of unbranched alkanes of at least 4 members (excludes halogenated alkanes) is 2. The van der Waals surface area contributed by atoms with Crippen LogP contribution >= 0.6 is 0 Å². The summed E-state index contributed by atoms with van der Waals surface area (Å²) in [6.45, 7) is 12.4. The van der Waals surface area contributed by atoms with Crippen molar-refractivity contribution in [2.24, 2.45) is 15.9 Å². The molecule has 1 heterocycles. The molecule has 1 aliphatic rings. The third-order valence-corrected chi connectivity index (χ3v) is 6.33. The normalized spacial score (nSPS) is 15.6. The molecular weight excluding hydrogens is 495 g/mol. The second-order valence-corrected chi connectivity index (χ2v) is 9.80. The van der Waals surface area contributed by atoms with E-state index in [4.69, 9.17) is 4.99 Å². The van der Waals surface area contributed by atoms with Gasteiger partial charge in [-0.3, -0.25) is 9.98 Å². The van der Waals surface area contributed by atoms with E-state index in [-0.39, 0.29) is 17.5 Å². The first-order valence-corrected chi connectivity index (χ1v) is 14.4. The summed E-state index contributed by atoms with van der Waals surface area (Å²) < 4.78 is 13.6. The van der Waals surface area contributed by atoms with Gasteiger partial charge in [0.1, 0.15) is 5.82 Å². The van der Waals surface area contributed by atoms with Crippen LogP contribution in [-0.2, 0) is 6.42 Å². The fourth-order valence-electron chi connectivity index (χ4n) is 4.35. The van der Waals surface area contributed by atoms with Gasteiger partial charge in [0, 0.05) is 43.8 Å². The lowest BCUT2D eigenvalue weighted by molar-refractivity contribution is 0.373. The van der Waals surface area contributed by atoms with Crippen LogP contribution in [-0.4, -0.2) is 24.1 Å². The number of benzene rings is 2. The Kier molecular flexibility index (Phi) is 14.4. The molecule has 2 aromatic carbocycles. The van der Waals surface area contributed by atoms with E-state index in [1.807, 2.05) is 32.0 Å². The Morgan fingerprint density at radius 3 is 2.60 bits per heavy atom. The molecule has 0 fully saturated rings. The summed E-state index contributed by atoms with van der Waals surface area (Å²) in [6, 6.07) is 14.9. The highest BCUT2D eigenvalue weighted by molar-refractivity contribution is 5.95. The predicted octanol–water partition coefficient (Wildman–Crippen LogP) is 10.1. The minimum Gasteiger partial charge on any atom is -0.512 e. The van der Waals surface area contributed by atoms with Crippen molar-refractivity contribution in [3.63, 3.8) is 0 Å². The van der Waals surface area contributed by atoms with Crippen LogP contribution in [0.3, 0.4) is 0 Å². The molecule has 40 heavy (non-hydrogen) atoms. The average Bonchev–Trinajstić information content (AvgIpc) is 2.94. The quantitative estimate of drug-likeness (QED) is 0.124. The van der Waals surface area contributed by atoms with Gasteiger partial charge >= 0.3 is 0 Å². The lowest BCUT2D eigenvalue weighted by Crippen LogP contribution is -2.10. The number of rotatable bonds is 12. The molecule has 0 amide bonds. The molecular formula is C36H45FN2O. The second kappa shape index (κ2) is 17.7. The summed E-state index contributed by atoms with van der Waals surface area (Å²) in [6.07, 6.45) is 17.3. The van der Waals surface area contributed by atoms with Crippen LogP contribution in [0.25, 0.3) is 11.6 Å². The molecule has 1 atom stereocenters. The van der Waals surface area contributed by atoms with Crippen molar-refractivity contribution in [3.05, 3.63) is 119 Å². The number of allylic oxidation sites excluding steroid dienone is 7. The molecule has 3 rings (SSSR count). The average molecular weight is 541 g/mol. The van der Waals surface area contributed by atoms with E-state index in [1.165, 1.54) is 18.9 Å². The molecule has 0 bridgehead atoms. The lowest BCUT2D eigenvalue weighted by Gasteiger charge is -2.16. The van der Waals surface area contributed by atoms with Gasteiger partial charge in [-0.1, -0.05) is 108 Å². The largest absolute Gasteiger partial charge is 0.512 e. The Labute approximate surface area is 241 Å². The standard InChI is InChI=1S/C34H39FN2O.C2H6/c1-5-6-7-8-10-27-13-15-29(16-14-27)26(3)21-33(38)19-25(2)20-34-30(24-36-4)17-18-32(37-34)23-28-11-9-12-31(35)22-28;1-2/h8-17,20-22,24-25,38H,3,5-7,18-19,23H2,1-2,4H3;1-2H3/b10-8-,33-21-,34-20+,36-24?;. The Morgan fingerprint density at radius 1 is 1.18 bits per heavy atom. The summed E-state index contributed by atoms with van der Waals surface area (Å²) in [5, 5.41) is 10.7. The molecule has 1 unspecified atom stereocenters. The van der Waals surface area contributed by atoms with Gasteiger partial charge in [0.15, 0.2) is 0 Å². The van der Waals surface area contributed by atoms with E-state index in [9.17, 15) is 9.50 Å². The fourth-order valence-corrected chi connectivity index (χ4v) is 4.35. The number of aliphatic hydroxyl groups excluding tert-OH is 1. The molecule has 0 saturated heterocycles. The van der Waals surface area contributed by atoms with Gasteiger partial charge in [-0.2, -0.15) is 0 Å². The number of halogens is 1. The van der Waals surface area contributed by atoms with Crippen molar-refractivity contribution < 1.29 is 9.50 Å². The fraction of sp³-hybridized carbons (Fsp3) is 0.333. The molecule has 212 valence electrons. The maximum absolute atomic E-state index is 13.6. The van der Waals surface area contributed by atoms with Gasteiger partial charge in [0.05, 0.1) is 11.5 Å². The van der Waals surface area contributed by atoms with Crippen LogP contribution in [0.2, 0.25) is 0 Å². The number of nitrogens with zero attached hydrogens (tertiary/aromatic N) is 2. The SMILES string of the molecule is C=C(/C=C(\O)CC(C)/C=C1/N=C(Cc2cccc(F)c2)CC=C1C=NC)c1ccc(/C=C\CCCC)cc1.CC. The van der Waals surface area contributed by atoms with E-state index in [0.717, 1.165) is 45.7 Å². The zero-order valence-electron chi connectivity index (χ0n) is 24.8. The maximum Gasteiger partial charge on any atom is 0.123 e. The summed E-state index contributed by atoms with van der Waals surface area (Å²) in [5.41, 5.74) is 6.58. The van der Waals surface area contributed by atoms with Crippen molar-refractivity contribution in [2.75, 3.05) is 7.05 Å². The highest BCUT2D eigenvalue weighted by Gasteiger charge is 2.14. The lowest BCUT2D eigenvalue weighted by atomic mass is 9.97. The van der Waals surface area contributed by atoms with Crippen LogP contribution in [0.15, 0.2) is 106 Å². The van der Waals surface area contributed by atoms with Gasteiger partial charge in [-0.25, -0.2) is 4.39 Å². The highest BCUT2D eigenvalue weighted by Crippen LogP contribution is 2.25. The van der Waals surface area contributed by atoms with Crippen LogP contribution in [0, 0.1) is 11.7 Å².